The molecule has 0 aliphatic carbocycles. The lowest BCUT2D eigenvalue weighted by Crippen LogP contribution is -2.13. The fourth-order valence-corrected chi connectivity index (χ4v) is 2.79. The van der Waals surface area contributed by atoms with Gasteiger partial charge in [0.05, 0.1) is 24.4 Å². The van der Waals surface area contributed by atoms with Gasteiger partial charge in [-0.1, -0.05) is 37.6 Å². The molecule has 0 aliphatic heterocycles. The Labute approximate surface area is 160 Å². The molecule has 2 aromatic rings. The van der Waals surface area contributed by atoms with E-state index in [0.29, 0.717) is 34.6 Å². The molecular weight excluding hydrogens is 441 g/mol. The Bertz CT molecular complexity index is 734. The molecule has 2 rings (SSSR count). The SMILES string of the molecule is COc1cc(C(=O)Nc2ccccc2I)cc(Cl)c1OCC(C)C. The summed E-state index contributed by atoms with van der Waals surface area (Å²) in [4.78, 5) is 12.5. The molecule has 0 aliphatic rings. The minimum absolute atomic E-state index is 0.255. The quantitative estimate of drug-likeness (QED) is 0.601. The summed E-state index contributed by atoms with van der Waals surface area (Å²) in [7, 11) is 1.52. The van der Waals surface area contributed by atoms with Crippen LogP contribution < -0.4 is 14.8 Å². The second-order valence-corrected chi connectivity index (χ2v) is 7.20. The average molecular weight is 460 g/mol. The third-order valence-electron chi connectivity index (χ3n) is 3.17. The number of halogens is 2. The van der Waals surface area contributed by atoms with Gasteiger partial charge < -0.3 is 14.8 Å². The van der Waals surface area contributed by atoms with Gasteiger partial charge in [-0.15, -0.1) is 0 Å². The zero-order valence-corrected chi connectivity index (χ0v) is 16.6. The molecule has 0 saturated carbocycles. The molecule has 0 spiro atoms. The summed E-state index contributed by atoms with van der Waals surface area (Å²) in [6, 6.07) is 10.8. The van der Waals surface area contributed by atoms with Gasteiger partial charge in [-0.2, -0.15) is 0 Å². The molecule has 1 N–H and O–H groups in total. The minimum Gasteiger partial charge on any atom is -0.493 e. The van der Waals surface area contributed by atoms with Crippen LogP contribution in [0, 0.1) is 9.49 Å². The van der Waals surface area contributed by atoms with Gasteiger partial charge in [-0.3, -0.25) is 4.79 Å². The van der Waals surface area contributed by atoms with E-state index in [1.165, 1.54) is 7.11 Å². The number of anilines is 1. The average Bonchev–Trinajstić information content (AvgIpc) is 2.54. The third-order valence-corrected chi connectivity index (χ3v) is 4.40. The first-order valence-electron chi connectivity index (χ1n) is 7.48. The van der Waals surface area contributed by atoms with Crippen molar-refractivity contribution >= 4 is 45.8 Å². The Morgan fingerprint density at radius 1 is 1.29 bits per heavy atom. The van der Waals surface area contributed by atoms with Crippen molar-refractivity contribution in [2.45, 2.75) is 13.8 Å². The number of carbonyl (C=O) groups excluding carboxylic acids is 1. The molecule has 0 unspecified atom stereocenters. The fraction of sp³-hybridized carbons (Fsp3) is 0.278. The molecule has 0 atom stereocenters. The van der Waals surface area contributed by atoms with E-state index in [1.807, 2.05) is 38.1 Å². The Morgan fingerprint density at radius 2 is 2.00 bits per heavy atom. The highest BCUT2D eigenvalue weighted by Crippen LogP contribution is 2.37. The smallest absolute Gasteiger partial charge is 0.255 e. The number of carbonyl (C=O) groups is 1. The van der Waals surface area contributed by atoms with Gasteiger partial charge in [-0.25, -0.2) is 0 Å². The molecule has 0 saturated heterocycles. The van der Waals surface area contributed by atoms with Crippen LogP contribution in [0.25, 0.3) is 0 Å². The minimum atomic E-state index is -0.255. The molecule has 0 aromatic heterocycles. The number of methoxy groups -OCH3 is 1. The summed E-state index contributed by atoms with van der Waals surface area (Å²) < 4.78 is 12.0. The lowest BCUT2D eigenvalue weighted by atomic mass is 10.1. The number of benzene rings is 2. The van der Waals surface area contributed by atoms with E-state index in [-0.39, 0.29) is 5.91 Å². The Balaban J connectivity index is 2.26. The Morgan fingerprint density at radius 3 is 2.62 bits per heavy atom. The molecule has 0 fully saturated rings. The second-order valence-electron chi connectivity index (χ2n) is 5.63. The van der Waals surface area contributed by atoms with E-state index in [4.69, 9.17) is 21.1 Å². The standard InChI is InChI=1S/C18H19ClINO3/c1-11(2)10-24-17-13(19)8-12(9-16(17)23-3)18(22)21-15-7-5-4-6-14(15)20/h4-9,11H,10H2,1-3H3,(H,21,22). The van der Waals surface area contributed by atoms with Crippen LogP contribution in [0.2, 0.25) is 5.02 Å². The first-order chi connectivity index (χ1) is 11.4. The topological polar surface area (TPSA) is 47.6 Å². The van der Waals surface area contributed by atoms with Crippen molar-refractivity contribution in [3.8, 4) is 11.5 Å². The van der Waals surface area contributed by atoms with Gasteiger partial charge in [0.1, 0.15) is 0 Å². The molecular formula is C18H19ClINO3. The third kappa shape index (κ3) is 4.77. The van der Waals surface area contributed by atoms with Gasteiger partial charge in [0.2, 0.25) is 0 Å². The predicted octanol–water partition coefficient (Wildman–Crippen LogP) is 5.24. The first-order valence-corrected chi connectivity index (χ1v) is 8.94. The van der Waals surface area contributed by atoms with E-state index in [9.17, 15) is 4.79 Å². The maximum absolute atomic E-state index is 12.5. The van der Waals surface area contributed by atoms with Crippen LogP contribution in [0.5, 0.6) is 11.5 Å². The fourth-order valence-electron chi connectivity index (χ4n) is 2.00. The van der Waals surface area contributed by atoms with Crippen LogP contribution in [0.4, 0.5) is 5.69 Å². The Kier molecular flexibility index (Phi) is 6.74. The molecule has 0 radical (unpaired) electrons. The van der Waals surface area contributed by atoms with Crippen LogP contribution in [-0.4, -0.2) is 19.6 Å². The predicted molar refractivity (Wildman–Crippen MR) is 105 cm³/mol. The number of para-hydroxylation sites is 1. The highest BCUT2D eigenvalue weighted by Gasteiger charge is 2.17. The van der Waals surface area contributed by atoms with E-state index in [2.05, 4.69) is 27.9 Å². The van der Waals surface area contributed by atoms with Gasteiger partial charge >= 0.3 is 0 Å². The molecule has 1 amide bonds. The normalized spacial score (nSPS) is 10.6. The van der Waals surface area contributed by atoms with Crippen molar-refractivity contribution in [3.05, 3.63) is 50.6 Å². The molecule has 24 heavy (non-hydrogen) atoms. The van der Waals surface area contributed by atoms with Gasteiger partial charge in [-0.05, 0) is 52.8 Å². The highest BCUT2D eigenvalue weighted by atomic mass is 127. The maximum atomic E-state index is 12.5. The second kappa shape index (κ2) is 8.58. The van der Waals surface area contributed by atoms with Crippen LogP contribution in [0.15, 0.2) is 36.4 Å². The van der Waals surface area contributed by atoms with Crippen LogP contribution in [0.1, 0.15) is 24.2 Å². The number of amides is 1. The lowest BCUT2D eigenvalue weighted by Gasteiger charge is -2.15. The zero-order chi connectivity index (χ0) is 17.7. The summed E-state index contributed by atoms with van der Waals surface area (Å²) >= 11 is 8.46. The van der Waals surface area contributed by atoms with Crippen molar-refractivity contribution in [1.82, 2.24) is 0 Å². The molecule has 6 heteroatoms. The maximum Gasteiger partial charge on any atom is 0.255 e. The van der Waals surface area contributed by atoms with Crippen LogP contribution >= 0.6 is 34.2 Å². The van der Waals surface area contributed by atoms with Gasteiger partial charge in [0.15, 0.2) is 11.5 Å². The number of rotatable bonds is 6. The summed E-state index contributed by atoms with van der Waals surface area (Å²) in [5, 5.41) is 3.22. The molecule has 0 heterocycles. The first kappa shape index (κ1) is 18.9. The van der Waals surface area contributed by atoms with Crippen molar-refractivity contribution in [2.24, 2.45) is 5.92 Å². The molecule has 2 aromatic carbocycles. The summed E-state index contributed by atoms with van der Waals surface area (Å²) in [5.41, 5.74) is 1.16. The van der Waals surface area contributed by atoms with Crippen LogP contribution in [0.3, 0.4) is 0 Å². The van der Waals surface area contributed by atoms with Gasteiger partial charge in [0.25, 0.3) is 5.91 Å². The highest BCUT2D eigenvalue weighted by molar-refractivity contribution is 14.1. The zero-order valence-electron chi connectivity index (χ0n) is 13.7. The molecule has 4 nitrogen and oxygen atoms in total. The number of nitrogens with one attached hydrogen (secondary N) is 1. The van der Waals surface area contributed by atoms with Crippen molar-refractivity contribution in [3.63, 3.8) is 0 Å². The monoisotopic (exact) mass is 459 g/mol. The van der Waals surface area contributed by atoms with Gasteiger partial charge in [0, 0.05) is 9.13 Å². The molecule has 0 bridgehead atoms. The van der Waals surface area contributed by atoms with Crippen LogP contribution in [-0.2, 0) is 0 Å². The van der Waals surface area contributed by atoms with E-state index < -0.39 is 0 Å². The lowest BCUT2D eigenvalue weighted by molar-refractivity contribution is 0.102. The number of ether oxygens (including phenoxy) is 2. The Hall–Kier alpha value is -1.47. The van der Waals surface area contributed by atoms with E-state index >= 15 is 0 Å². The van der Waals surface area contributed by atoms with Crippen molar-refractivity contribution < 1.29 is 14.3 Å². The van der Waals surface area contributed by atoms with Crippen molar-refractivity contribution in [1.29, 1.82) is 0 Å². The van der Waals surface area contributed by atoms with E-state index in [0.717, 1.165) is 9.26 Å². The number of hydrogen-bond acceptors (Lipinski definition) is 3. The largest absolute Gasteiger partial charge is 0.493 e. The summed E-state index contributed by atoms with van der Waals surface area (Å²) in [6.45, 7) is 4.61. The van der Waals surface area contributed by atoms with Crippen molar-refractivity contribution in [2.75, 3.05) is 19.0 Å². The number of hydrogen-bond donors (Lipinski definition) is 1. The summed E-state index contributed by atoms with van der Waals surface area (Å²) in [5.74, 6) is 0.999. The summed E-state index contributed by atoms with van der Waals surface area (Å²) in [6.07, 6.45) is 0. The molecule has 128 valence electrons. The van der Waals surface area contributed by atoms with E-state index in [1.54, 1.807) is 12.1 Å².